The third kappa shape index (κ3) is 5.22. The molecule has 134 valence electrons. The van der Waals surface area contributed by atoms with Gasteiger partial charge in [0, 0.05) is 0 Å². The molecule has 6 nitrogen and oxygen atoms in total. The minimum Gasteiger partial charge on any atom is -0.492 e. The van der Waals surface area contributed by atoms with Crippen LogP contribution < -0.4 is 14.8 Å². The fourth-order valence-corrected chi connectivity index (χ4v) is 3.45. The topological polar surface area (TPSA) is 84.5 Å². The summed E-state index contributed by atoms with van der Waals surface area (Å²) in [6.07, 6.45) is 0.491. The second kappa shape index (κ2) is 8.53. The van der Waals surface area contributed by atoms with Crippen molar-refractivity contribution in [3.8, 4) is 5.75 Å². The smallest absolute Gasteiger partial charge is 0.257 e. The van der Waals surface area contributed by atoms with Crippen LogP contribution in [0.1, 0.15) is 30.6 Å². The standard InChI is InChI=1S/C18H22N2O4S/c1-3-13-25(22,23)20-15-10-6-5-9-14(15)18(21)19-16-11-7-8-12-17(16)24-4-2/h5-12,20H,3-4,13H2,1-2H3,(H,19,21). The Hall–Kier alpha value is -2.54. The third-order valence-electron chi connectivity index (χ3n) is 3.35. The van der Waals surface area contributed by atoms with Crippen molar-refractivity contribution >= 4 is 27.3 Å². The monoisotopic (exact) mass is 362 g/mol. The van der Waals surface area contributed by atoms with Crippen LogP contribution in [-0.4, -0.2) is 26.7 Å². The van der Waals surface area contributed by atoms with Gasteiger partial charge >= 0.3 is 0 Å². The number of carbonyl (C=O) groups is 1. The fraction of sp³-hybridized carbons (Fsp3) is 0.278. The van der Waals surface area contributed by atoms with Gasteiger partial charge in [0.2, 0.25) is 10.0 Å². The Balaban J connectivity index is 2.26. The lowest BCUT2D eigenvalue weighted by molar-refractivity contribution is 0.102. The molecule has 2 N–H and O–H groups in total. The molecule has 25 heavy (non-hydrogen) atoms. The van der Waals surface area contributed by atoms with Gasteiger partial charge in [-0.05, 0) is 37.6 Å². The van der Waals surface area contributed by atoms with E-state index in [1.807, 2.05) is 13.0 Å². The molecule has 2 aromatic carbocycles. The van der Waals surface area contributed by atoms with Crippen LogP contribution in [0.25, 0.3) is 0 Å². The summed E-state index contributed by atoms with van der Waals surface area (Å²) in [5.41, 5.74) is 1.02. The largest absolute Gasteiger partial charge is 0.492 e. The van der Waals surface area contributed by atoms with Gasteiger partial charge in [0.25, 0.3) is 5.91 Å². The van der Waals surface area contributed by atoms with E-state index in [-0.39, 0.29) is 17.0 Å². The minimum absolute atomic E-state index is 0.00384. The maximum atomic E-state index is 12.6. The lowest BCUT2D eigenvalue weighted by Gasteiger charge is -2.14. The quantitative estimate of drug-likeness (QED) is 0.753. The summed E-state index contributed by atoms with van der Waals surface area (Å²) >= 11 is 0. The van der Waals surface area contributed by atoms with E-state index in [4.69, 9.17) is 4.74 Å². The lowest BCUT2D eigenvalue weighted by atomic mass is 10.1. The Morgan fingerprint density at radius 3 is 2.32 bits per heavy atom. The number of hydrogen-bond donors (Lipinski definition) is 2. The molecule has 0 heterocycles. The first kappa shape index (κ1) is 18.8. The van der Waals surface area contributed by atoms with E-state index in [0.717, 1.165) is 0 Å². The van der Waals surface area contributed by atoms with E-state index in [1.165, 1.54) is 0 Å². The Labute approximate surface area is 148 Å². The SMILES string of the molecule is CCCS(=O)(=O)Nc1ccccc1C(=O)Nc1ccccc1OCC. The highest BCUT2D eigenvalue weighted by atomic mass is 32.2. The molecule has 0 bridgehead atoms. The van der Waals surface area contributed by atoms with Crippen molar-refractivity contribution in [3.63, 3.8) is 0 Å². The van der Waals surface area contributed by atoms with Crippen molar-refractivity contribution < 1.29 is 17.9 Å². The van der Waals surface area contributed by atoms with E-state index >= 15 is 0 Å². The molecule has 2 aromatic rings. The number of nitrogens with one attached hydrogen (secondary N) is 2. The van der Waals surface area contributed by atoms with Crippen molar-refractivity contribution in [3.05, 3.63) is 54.1 Å². The highest BCUT2D eigenvalue weighted by molar-refractivity contribution is 7.92. The normalized spacial score (nSPS) is 11.0. The van der Waals surface area contributed by atoms with Crippen LogP contribution in [0, 0.1) is 0 Å². The number of amides is 1. The number of ether oxygens (including phenoxy) is 1. The number of sulfonamides is 1. The fourth-order valence-electron chi connectivity index (χ4n) is 2.30. The van der Waals surface area contributed by atoms with Gasteiger partial charge in [0.05, 0.1) is 29.3 Å². The Morgan fingerprint density at radius 2 is 1.64 bits per heavy atom. The maximum Gasteiger partial charge on any atom is 0.257 e. The first-order valence-electron chi connectivity index (χ1n) is 8.09. The zero-order chi connectivity index (χ0) is 18.3. The molecule has 0 aliphatic heterocycles. The summed E-state index contributed by atoms with van der Waals surface area (Å²) in [6.45, 7) is 4.11. The summed E-state index contributed by atoms with van der Waals surface area (Å²) < 4.78 is 32.0. The molecule has 0 aliphatic carbocycles. The maximum absolute atomic E-state index is 12.6. The highest BCUT2D eigenvalue weighted by Crippen LogP contribution is 2.25. The van der Waals surface area contributed by atoms with Gasteiger partial charge in [-0.15, -0.1) is 0 Å². The first-order chi connectivity index (χ1) is 12.0. The summed E-state index contributed by atoms with van der Waals surface area (Å²) in [6, 6.07) is 13.6. The Morgan fingerprint density at radius 1 is 1.00 bits per heavy atom. The van der Waals surface area contributed by atoms with Crippen LogP contribution in [0.2, 0.25) is 0 Å². The van der Waals surface area contributed by atoms with Crippen molar-refractivity contribution in [1.29, 1.82) is 0 Å². The van der Waals surface area contributed by atoms with Crippen molar-refractivity contribution in [1.82, 2.24) is 0 Å². The number of anilines is 2. The van der Waals surface area contributed by atoms with Gasteiger partial charge < -0.3 is 10.1 Å². The second-order valence-corrected chi connectivity index (χ2v) is 7.19. The number of rotatable bonds is 8. The zero-order valence-electron chi connectivity index (χ0n) is 14.3. The molecule has 0 radical (unpaired) electrons. The predicted molar refractivity (Wildman–Crippen MR) is 99.7 cm³/mol. The van der Waals surface area contributed by atoms with Crippen LogP contribution in [0.3, 0.4) is 0 Å². The van der Waals surface area contributed by atoms with Crippen molar-refractivity contribution in [2.24, 2.45) is 0 Å². The number of para-hydroxylation sites is 3. The summed E-state index contributed by atoms with van der Waals surface area (Å²) in [5, 5.41) is 2.77. The van der Waals surface area contributed by atoms with Crippen LogP contribution in [-0.2, 0) is 10.0 Å². The highest BCUT2D eigenvalue weighted by Gasteiger charge is 2.17. The summed E-state index contributed by atoms with van der Waals surface area (Å²) in [5.74, 6) is 0.139. The van der Waals surface area contributed by atoms with E-state index in [1.54, 1.807) is 49.4 Å². The van der Waals surface area contributed by atoms with Gasteiger partial charge in [-0.2, -0.15) is 0 Å². The van der Waals surface area contributed by atoms with Crippen LogP contribution in [0.15, 0.2) is 48.5 Å². The molecule has 0 aromatic heterocycles. The first-order valence-corrected chi connectivity index (χ1v) is 9.74. The van der Waals surface area contributed by atoms with E-state index in [2.05, 4.69) is 10.0 Å². The number of hydrogen-bond acceptors (Lipinski definition) is 4. The molecular weight excluding hydrogens is 340 g/mol. The third-order valence-corrected chi connectivity index (χ3v) is 4.82. The lowest BCUT2D eigenvalue weighted by Crippen LogP contribution is -2.20. The Kier molecular flexibility index (Phi) is 6.41. The molecule has 7 heteroatoms. The number of carbonyl (C=O) groups excluding carboxylic acids is 1. The molecule has 0 unspecified atom stereocenters. The van der Waals surface area contributed by atoms with Gasteiger partial charge in [-0.1, -0.05) is 31.2 Å². The van der Waals surface area contributed by atoms with E-state index in [9.17, 15) is 13.2 Å². The molecule has 0 aliphatic rings. The van der Waals surface area contributed by atoms with Gasteiger partial charge in [-0.25, -0.2) is 8.42 Å². The molecule has 0 saturated heterocycles. The van der Waals surface area contributed by atoms with Crippen molar-refractivity contribution in [2.75, 3.05) is 22.4 Å². The molecule has 1 amide bonds. The minimum atomic E-state index is -3.49. The summed E-state index contributed by atoms with van der Waals surface area (Å²) in [4.78, 5) is 12.6. The van der Waals surface area contributed by atoms with Crippen LogP contribution in [0.5, 0.6) is 5.75 Å². The molecular formula is C18H22N2O4S. The van der Waals surface area contributed by atoms with E-state index < -0.39 is 15.9 Å². The molecule has 2 rings (SSSR count). The Bertz CT molecular complexity index is 834. The molecule has 0 spiro atoms. The van der Waals surface area contributed by atoms with E-state index in [0.29, 0.717) is 24.5 Å². The average molecular weight is 362 g/mol. The average Bonchev–Trinajstić information content (AvgIpc) is 2.57. The molecule has 0 fully saturated rings. The van der Waals surface area contributed by atoms with Gasteiger partial charge in [-0.3, -0.25) is 9.52 Å². The summed E-state index contributed by atoms with van der Waals surface area (Å²) in [7, 11) is -3.49. The van der Waals surface area contributed by atoms with Crippen LogP contribution >= 0.6 is 0 Å². The van der Waals surface area contributed by atoms with Gasteiger partial charge in [0.15, 0.2) is 0 Å². The zero-order valence-corrected chi connectivity index (χ0v) is 15.1. The van der Waals surface area contributed by atoms with Crippen LogP contribution in [0.4, 0.5) is 11.4 Å². The predicted octanol–water partition coefficient (Wildman–Crippen LogP) is 3.49. The second-order valence-electron chi connectivity index (χ2n) is 5.35. The molecule has 0 atom stereocenters. The van der Waals surface area contributed by atoms with Crippen molar-refractivity contribution in [2.45, 2.75) is 20.3 Å². The number of benzene rings is 2. The van der Waals surface area contributed by atoms with Gasteiger partial charge in [0.1, 0.15) is 5.75 Å². The molecule has 0 saturated carbocycles.